The van der Waals surface area contributed by atoms with Gasteiger partial charge in [0.15, 0.2) is 0 Å². The van der Waals surface area contributed by atoms with E-state index in [0.717, 1.165) is 35.8 Å². The predicted octanol–water partition coefficient (Wildman–Crippen LogP) is 2.73. The first-order chi connectivity index (χ1) is 13.6. The molecule has 1 aliphatic heterocycles. The van der Waals surface area contributed by atoms with Crippen LogP contribution in [0.4, 0.5) is 0 Å². The van der Waals surface area contributed by atoms with Crippen molar-refractivity contribution in [2.45, 2.75) is 38.8 Å². The van der Waals surface area contributed by atoms with Crippen LogP contribution in [0.3, 0.4) is 0 Å². The lowest BCUT2D eigenvalue weighted by molar-refractivity contribution is -0.133. The number of aryl methyl sites for hydroxylation is 2. The first-order valence-electron chi connectivity index (χ1n) is 9.51. The summed E-state index contributed by atoms with van der Waals surface area (Å²) in [6, 6.07) is 7.23. The molecule has 8 heteroatoms. The van der Waals surface area contributed by atoms with Crippen molar-refractivity contribution in [2.24, 2.45) is 0 Å². The molecule has 1 aliphatic rings. The van der Waals surface area contributed by atoms with Gasteiger partial charge in [-0.05, 0) is 37.3 Å². The normalized spacial score (nSPS) is 17.0. The lowest BCUT2D eigenvalue weighted by atomic mass is 10.1. The van der Waals surface area contributed by atoms with Gasteiger partial charge in [-0.1, -0.05) is 6.07 Å². The SMILES string of the molecule is Cc1nccn1CCC(=O)N1CCC[C@@H](n2nc(-c3cccs3)ccc2=O)C1. The molecule has 1 amide bonds. The molecule has 0 N–H and O–H groups in total. The third-order valence-electron chi connectivity index (χ3n) is 5.18. The van der Waals surface area contributed by atoms with Crippen molar-refractivity contribution in [3.63, 3.8) is 0 Å². The molecule has 28 heavy (non-hydrogen) atoms. The van der Waals surface area contributed by atoms with Crippen LogP contribution >= 0.6 is 11.3 Å². The molecule has 0 saturated carbocycles. The van der Waals surface area contributed by atoms with Gasteiger partial charge in [0, 0.05) is 44.5 Å². The number of hydrogen-bond acceptors (Lipinski definition) is 5. The van der Waals surface area contributed by atoms with Crippen molar-refractivity contribution in [1.29, 1.82) is 0 Å². The van der Waals surface area contributed by atoms with Crippen molar-refractivity contribution in [3.8, 4) is 10.6 Å². The number of rotatable bonds is 5. The highest BCUT2D eigenvalue weighted by Crippen LogP contribution is 2.24. The first-order valence-corrected chi connectivity index (χ1v) is 10.4. The average molecular weight is 398 g/mol. The summed E-state index contributed by atoms with van der Waals surface area (Å²) in [7, 11) is 0. The standard InChI is InChI=1S/C20H23N5O2S/c1-15-21-9-12-23(15)11-8-19(26)24-10-2-4-16(14-24)25-20(27)7-6-17(22-25)18-5-3-13-28-18/h3,5-7,9,12-13,16H,2,4,8,10-11,14H2,1H3/t16-/m1/s1. The summed E-state index contributed by atoms with van der Waals surface area (Å²) in [5, 5.41) is 6.59. The molecule has 1 fully saturated rings. The maximum Gasteiger partial charge on any atom is 0.267 e. The minimum absolute atomic E-state index is 0.0832. The second-order valence-corrected chi connectivity index (χ2v) is 7.98. The number of carbonyl (C=O) groups is 1. The van der Waals surface area contributed by atoms with Crippen molar-refractivity contribution in [3.05, 3.63) is 58.2 Å². The monoisotopic (exact) mass is 397 g/mol. The Morgan fingerprint density at radius 1 is 1.32 bits per heavy atom. The highest BCUT2D eigenvalue weighted by molar-refractivity contribution is 7.13. The number of amides is 1. The van der Waals surface area contributed by atoms with Crippen molar-refractivity contribution in [2.75, 3.05) is 13.1 Å². The van der Waals surface area contributed by atoms with Gasteiger partial charge in [-0.2, -0.15) is 5.10 Å². The van der Waals surface area contributed by atoms with Gasteiger partial charge in [0.25, 0.3) is 5.56 Å². The highest BCUT2D eigenvalue weighted by Gasteiger charge is 2.26. The van der Waals surface area contributed by atoms with Gasteiger partial charge in [-0.15, -0.1) is 11.3 Å². The fourth-order valence-electron chi connectivity index (χ4n) is 3.64. The van der Waals surface area contributed by atoms with Crippen LogP contribution in [-0.2, 0) is 11.3 Å². The van der Waals surface area contributed by atoms with E-state index in [1.54, 1.807) is 34.3 Å². The average Bonchev–Trinajstić information content (AvgIpc) is 3.38. The predicted molar refractivity (Wildman–Crippen MR) is 108 cm³/mol. The minimum atomic E-state index is -0.117. The Morgan fingerprint density at radius 2 is 2.21 bits per heavy atom. The summed E-state index contributed by atoms with van der Waals surface area (Å²) in [6.07, 6.45) is 5.79. The fraction of sp³-hybridized carbons (Fsp3) is 0.400. The number of aromatic nitrogens is 4. The topological polar surface area (TPSA) is 73.0 Å². The van der Waals surface area contributed by atoms with Gasteiger partial charge < -0.3 is 9.47 Å². The zero-order valence-electron chi connectivity index (χ0n) is 15.8. The van der Waals surface area contributed by atoms with E-state index in [1.807, 2.05) is 40.1 Å². The van der Waals surface area contributed by atoms with Crippen LogP contribution in [0.25, 0.3) is 10.6 Å². The van der Waals surface area contributed by atoms with Crippen molar-refractivity contribution in [1.82, 2.24) is 24.2 Å². The summed E-state index contributed by atoms with van der Waals surface area (Å²) in [5.41, 5.74) is 0.683. The lowest BCUT2D eigenvalue weighted by Gasteiger charge is -2.33. The van der Waals surface area contributed by atoms with E-state index in [9.17, 15) is 9.59 Å². The number of carbonyl (C=O) groups excluding carboxylic acids is 1. The van der Waals surface area contributed by atoms with Crippen LogP contribution < -0.4 is 5.56 Å². The Hall–Kier alpha value is -2.74. The zero-order valence-corrected chi connectivity index (χ0v) is 16.6. The molecule has 7 nitrogen and oxygen atoms in total. The first kappa shape index (κ1) is 18.6. The molecule has 0 bridgehead atoms. The number of piperidine rings is 1. The third-order valence-corrected chi connectivity index (χ3v) is 6.08. The number of nitrogens with zero attached hydrogens (tertiary/aromatic N) is 5. The van der Waals surface area contributed by atoms with Crippen LogP contribution in [0.2, 0.25) is 0 Å². The quantitative estimate of drug-likeness (QED) is 0.664. The molecule has 0 unspecified atom stereocenters. The van der Waals surface area contributed by atoms with E-state index < -0.39 is 0 Å². The van der Waals surface area contributed by atoms with Crippen LogP contribution in [0.15, 0.2) is 46.8 Å². The van der Waals surface area contributed by atoms with E-state index in [1.165, 1.54) is 0 Å². The van der Waals surface area contributed by atoms with Gasteiger partial charge >= 0.3 is 0 Å². The van der Waals surface area contributed by atoms with Crippen LogP contribution in [0.1, 0.15) is 31.1 Å². The third kappa shape index (κ3) is 3.91. The number of imidazole rings is 1. The zero-order chi connectivity index (χ0) is 19.5. The Balaban J connectivity index is 1.46. The minimum Gasteiger partial charge on any atom is -0.340 e. The number of thiophene rings is 1. The molecule has 4 rings (SSSR count). The second kappa shape index (κ2) is 8.10. The Bertz CT molecular complexity index is 1010. The molecule has 146 valence electrons. The summed E-state index contributed by atoms with van der Waals surface area (Å²) >= 11 is 1.60. The van der Waals surface area contributed by atoms with Gasteiger partial charge in [-0.25, -0.2) is 9.67 Å². The molecular formula is C20H23N5O2S. The van der Waals surface area contributed by atoms with E-state index in [2.05, 4.69) is 10.1 Å². The van der Waals surface area contributed by atoms with E-state index in [-0.39, 0.29) is 17.5 Å². The van der Waals surface area contributed by atoms with E-state index in [4.69, 9.17) is 0 Å². The van der Waals surface area contributed by atoms with E-state index >= 15 is 0 Å². The lowest BCUT2D eigenvalue weighted by Crippen LogP contribution is -2.43. The van der Waals surface area contributed by atoms with Crippen LogP contribution in [0.5, 0.6) is 0 Å². The second-order valence-electron chi connectivity index (χ2n) is 7.03. The Morgan fingerprint density at radius 3 is 2.96 bits per heavy atom. The molecule has 0 aliphatic carbocycles. The molecule has 4 heterocycles. The van der Waals surface area contributed by atoms with Gasteiger partial charge in [-0.3, -0.25) is 9.59 Å². The molecule has 1 saturated heterocycles. The maximum absolute atomic E-state index is 12.7. The summed E-state index contributed by atoms with van der Waals surface area (Å²) in [6.45, 7) is 3.82. The molecule has 3 aromatic heterocycles. The smallest absolute Gasteiger partial charge is 0.267 e. The fourth-order valence-corrected chi connectivity index (χ4v) is 4.33. The van der Waals surface area contributed by atoms with E-state index in [0.29, 0.717) is 19.5 Å². The van der Waals surface area contributed by atoms with Crippen LogP contribution in [0, 0.1) is 6.92 Å². The van der Waals surface area contributed by atoms with Crippen molar-refractivity contribution >= 4 is 17.2 Å². The van der Waals surface area contributed by atoms with Gasteiger partial charge in [0.2, 0.25) is 5.91 Å². The summed E-state index contributed by atoms with van der Waals surface area (Å²) in [4.78, 5) is 32.2. The Labute approximate surface area is 167 Å². The maximum atomic E-state index is 12.7. The molecule has 0 radical (unpaired) electrons. The largest absolute Gasteiger partial charge is 0.340 e. The van der Waals surface area contributed by atoms with Crippen LogP contribution in [-0.4, -0.2) is 43.2 Å². The van der Waals surface area contributed by atoms with Gasteiger partial charge in [0.05, 0.1) is 10.9 Å². The highest BCUT2D eigenvalue weighted by atomic mass is 32.1. The number of likely N-dealkylation sites (tertiary alicyclic amines) is 1. The Kier molecular flexibility index (Phi) is 5.38. The molecule has 0 aromatic carbocycles. The summed E-state index contributed by atoms with van der Waals surface area (Å²) < 4.78 is 3.55. The molecule has 1 atom stereocenters. The van der Waals surface area contributed by atoms with Crippen molar-refractivity contribution < 1.29 is 4.79 Å². The summed E-state index contributed by atoms with van der Waals surface area (Å²) in [5.74, 6) is 1.02. The molecule has 3 aromatic rings. The van der Waals surface area contributed by atoms with Gasteiger partial charge in [0.1, 0.15) is 11.5 Å². The molecule has 0 spiro atoms. The molecular weight excluding hydrogens is 374 g/mol. The number of hydrogen-bond donors (Lipinski definition) is 0.